The van der Waals surface area contributed by atoms with Crippen molar-refractivity contribution in [2.45, 2.75) is 44.7 Å². The summed E-state index contributed by atoms with van der Waals surface area (Å²) in [5.41, 5.74) is 2.29. The molecule has 2 aromatic rings. The Bertz CT molecular complexity index is 679. The SMILES string of the molecule is CC=C1CC2CCC(C1)N2C(=O)c1cc2ccccc2o1. The lowest BCUT2D eigenvalue weighted by molar-refractivity contribution is 0.0604. The molecule has 3 heteroatoms. The molecule has 0 aliphatic carbocycles. The molecule has 0 spiro atoms. The minimum atomic E-state index is 0.0638. The van der Waals surface area contributed by atoms with E-state index in [9.17, 15) is 4.79 Å². The van der Waals surface area contributed by atoms with E-state index in [4.69, 9.17) is 4.42 Å². The fraction of sp³-hybridized carbons (Fsp3) is 0.389. The Hall–Kier alpha value is -2.03. The van der Waals surface area contributed by atoms with Gasteiger partial charge in [0.15, 0.2) is 5.76 Å². The number of para-hydroxylation sites is 1. The van der Waals surface area contributed by atoms with Crippen molar-refractivity contribution in [3.05, 3.63) is 47.7 Å². The molecule has 2 unspecified atom stereocenters. The van der Waals surface area contributed by atoms with Crippen LogP contribution in [-0.4, -0.2) is 22.9 Å². The number of carbonyl (C=O) groups is 1. The molecular formula is C18H19NO2. The van der Waals surface area contributed by atoms with Crippen LogP contribution in [0.15, 0.2) is 46.4 Å². The molecule has 0 N–H and O–H groups in total. The standard InChI is InChI=1S/C18H19NO2/c1-2-12-9-14-7-8-15(10-12)19(14)18(20)17-11-13-5-3-4-6-16(13)21-17/h2-6,11,14-15H,7-10H2,1H3. The molecule has 0 saturated carbocycles. The molecule has 2 atom stereocenters. The zero-order valence-corrected chi connectivity index (χ0v) is 12.2. The van der Waals surface area contributed by atoms with E-state index < -0.39 is 0 Å². The maximum atomic E-state index is 12.8. The van der Waals surface area contributed by atoms with Crippen molar-refractivity contribution in [3.63, 3.8) is 0 Å². The van der Waals surface area contributed by atoms with E-state index in [0.717, 1.165) is 36.7 Å². The summed E-state index contributed by atoms with van der Waals surface area (Å²) in [6.07, 6.45) is 6.51. The molecule has 4 rings (SSSR count). The fourth-order valence-electron chi connectivity index (χ4n) is 3.83. The van der Waals surface area contributed by atoms with Crippen LogP contribution in [0.3, 0.4) is 0 Å². The summed E-state index contributed by atoms with van der Waals surface area (Å²) in [5, 5.41) is 0.999. The lowest BCUT2D eigenvalue weighted by Gasteiger charge is -2.35. The van der Waals surface area contributed by atoms with Crippen LogP contribution in [-0.2, 0) is 0 Å². The number of piperidine rings is 1. The molecule has 1 aromatic carbocycles. The number of benzene rings is 1. The summed E-state index contributed by atoms with van der Waals surface area (Å²) in [4.78, 5) is 14.9. The third-order valence-electron chi connectivity index (χ3n) is 4.89. The molecule has 2 bridgehead atoms. The summed E-state index contributed by atoms with van der Waals surface area (Å²) >= 11 is 0. The van der Waals surface area contributed by atoms with Crippen molar-refractivity contribution in [2.75, 3.05) is 0 Å². The van der Waals surface area contributed by atoms with Gasteiger partial charge < -0.3 is 9.32 Å². The molecule has 2 saturated heterocycles. The van der Waals surface area contributed by atoms with Crippen LogP contribution in [0.1, 0.15) is 43.2 Å². The average Bonchev–Trinajstić information content (AvgIpc) is 3.05. The van der Waals surface area contributed by atoms with Crippen LogP contribution in [0.5, 0.6) is 0 Å². The summed E-state index contributed by atoms with van der Waals surface area (Å²) < 4.78 is 5.75. The zero-order valence-electron chi connectivity index (χ0n) is 12.2. The molecule has 2 fully saturated rings. The lowest BCUT2D eigenvalue weighted by atomic mass is 9.96. The molecular weight excluding hydrogens is 262 g/mol. The van der Waals surface area contributed by atoms with Crippen LogP contribution in [0, 0.1) is 0 Å². The number of hydrogen-bond acceptors (Lipinski definition) is 2. The normalized spacial score (nSPS) is 24.6. The van der Waals surface area contributed by atoms with Gasteiger partial charge in [0.2, 0.25) is 0 Å². The molecule has 108 valence electrons. The molecule has 3 heterocycles. The van der Waals surface area contributed by atoms with Crippen molar-refractivity contribution in [1.29, 1.82) is 0 Å². The van der Waals surface area contributed by atoms with Crippen molar-refractivity contribution in [1.82, 2.24) is 4.90 Å². The first kappa shape index (κ1) is 12.7. The molecule has 1 amide bonds. The van der Waals surface area contributed by atoms with Crippen molar-refractivity contribution in [3.8, 4) is 0 Å². The molecule has 2 aliphatic rings. The maximum Gasteiger partial charge on any atom is 0.290 e. The van der Waals surface area contributed by atoms with E-state index in [2.05, 4.69) is 17.9 Å². The number of nitrogens with zero attached hydrogens (tertiary/aromatic N) is 1. The van der Waals surface area contributed by atoms with Gasteiger partial charge in [0.25, 0.3) is 5.91 Å². The van der Waals surface area contributed by atoms with Crippen LogP contribution in [0.25, 0.3) is 11.0 Å². The number of furan rings is 1. The Kier molecular flexibility index (Phi) is 2.88. The quantitative estimate of drug-likeness (QED) is 0.736. The molecule has 2 aliphatic heterocycles. The third kappa shape index (κ3) is 1.99. The third-order valence-corrected chi connectivity index (χ3v) is 4.89. The van der Waals surface area contributed by atoms with E-state index in [-0.39, 0.29) is 5.91 Å². The second-order valence-electron chi connectivity index (χ2n) is 6.10. The van der Waals surface area contributed by atoms with E-state index >= 15 is 0 Å². The number of fused-ring (bicyclic) bond motifs is 3. The van der Waals surface area contributed by atoms with Crippen molar-refractivity contribution in [2.24, 2.45) is 0 Å². The summed E-state index contributed by atoms with van der Waals surface area (Å²) in [5.74, 6) is 0.547. The largest absolute Gasteiger partial charge is 0.451 e. The van der Waals surface area contributed by atoms with Gasteiger partial charge in [0.05, 0.1) is 0 Å². The first-order chi connectivity index (χ1) is 10.3. The second-order valence-corrected chi connectivity index (χ2v) is 6.10. The average molecular weight is 281 g/mol. The van der Waals surface area contributed by atoms with Crippen LogP contribution in [0.4, 0.5) is 0 Å². The Morgan fingerprint density at radius 1 is 1.24 bits per heavy atom. The molecule has 1 aromatic heterocycles. The van der Waals surface area contributed by atoms with E-state index in [0.29, 0.717) is 17.8 Å². The number of hydrogen-bond donors (Lipinski definition) is 0. The summed E-state index contributed by atoms with van der Waals surface area (Å²) in [6.45, 7) is 2.10. The zero-order chi connectivity index (χ0) is 14.4. The van der Waals surface area contributed by atoms with E-state index in [1.165, 1.54) is 5.57 Å². The number of carbonyl (C=O) groups excluding carboxylic acids is 1. The highest BCUT2D eigenvalue weighted by molar-refractivity contribution is 5.96. The van der Waals surface area contributed by atoms with Gasteiger partial charge in [-0.1, -0.05) is 29.8 Å². The number of allylic oxidation sites excluding steroid dienone is 1. The number of amides is 1. The van der Waals surface area contributed by atoms with Gasteiger partial charge in [-0.2, -0.15) is 0 Å². The minimum absolute atomic E-state index is 0.0638. The van der Waals surface area contributed by atoms with Crippen molar-refractivity contribution < 1.29 is 9.21 Å². The van der Waals surface area contributed by atoms with Gasteiger partial charge in [0, 0.05) is 17.5 Å². The van der Waals surface area contributed by atoms with Gasteiger partial charge in [0.1, 0.15) is 5.58 Å². The Labute approximate surface area is 124 Å². The smallest absolute Gasteiger partial charge is 0.290 e. The predicted octanol–water partition coefficient (Wildman–Crippen LogP) is 4.15. The van der Waals surface area contributed by atoms with Gasteiger partial charge in [-0.25, -0.2) is 0 Å². The summed E-state index contributed by atoms with van der Waals surface area (Å²) in [6, 6.07) is 10.4. The number of rotatable bonds is 1. The fourth-order valence-corrected chi connectivity index (χ4v) is 3.83. The van der Waals surface area contributed by atoms with Gasteiger partial charge in [-0.05, 0) is 44.7 Å². The van der Waals surface area contributed by atoms with Gasteiger partial charge >= 0.3 is 0 Å². The van der Waals surface area contributed by atoms with Gasteiger partial charge in [-0.3, -0.25) is 4.79 Å². The van der Waals surface area contributed by atoms with Crippen LogP contribution >= 0.6 is 0 Å². The lowest BCUT2D eigenvalue weighted by Crippen LogP contribution is -2.44. The molecule has 3 nitrogen and oxygen atoms in total. The topological polar surface area (TPSA) is 33.5 Å². The maximum absolute atomic E-state index is 12.8. The Balaban J connectivity index is 1.66. The van der Waals surface area contributed by atoms with Gasteiger partial charge in [-0.15, -0.1) is 0 Å². The monoisotopic (exact) mass is 281 g/mol. The Morgan fingerprint density at radius 2 is 1.95 bits per heavy atom. The first-order valence-corrected chi connectivity index (χ1v) is 7.71. The first-order valence-electron chi connectivity index (χ1n) is 7.71. The van der Waals surface area contributed by atoms with E-state index in [1.54, 1.807) is 0 Å². The molecule has 0 radical (unpaired) electrons. The Morgan fingerprint density at radius 3 is 2.62 bits per heavy atom. The predicted molar refractivity (Wildman–Crippen MR) is 82.2 cm³/mol. The summed E-state index contributed by atoms with van der Waals surface area (Å²) in [7, 11) is 0. The van der Waals surface area contributed by atoms with Crippen molar-refractivity contribution >= 4 is 16.9 Å². The highest BCUT2D eigenvalue weighted by atomic mass is 16.3. The second kappa shape index (κ2) is 4.76. The van der Waals surface area contributed by atoms with E-state index in [1.807, 2.05) is 30.3 Å². The highest BCUT2D eigenvalue weighted by Gasteiger charge is 2.42. The van der Waals surface area contributed by atoms with Crippen LogP contribution < -0.4 is 0 Å². The van der Waals surface area contributed by atoms with Crippen LogP contribution in [0.2, 0.25) is 0 Å². The highest BCUT2D eigenvalue weighted by Crippen LogP contribution is 2.39. The molecule has 21 heavy (non-hydrogen) atoms. The minimum Gasteiger partial charge on any atom is -0.451 e.